The Kier molecular flexibility index (Phi) is 5.72. The number of hydrogen-bond acceptors (Lipinski definition) is 4. The van der Waals surface area contributed by atoms with E-state index in [-0.39, 0.29) is 34.1 Å². The molecule has 0 aliphatic heterocycles. The Morgan fingerprint density at radius 1 is 1.50 bits per heavy atom. The van der Waals surface area contributed by atoms with Gasteiger partial charge in [-0.1, -0.05) is 0 Å². The van der Waals surface area contributed by atoms with Crippen molar-refractivity contribution in [1.29, 1.82) is 5.26 Å². The minimum absolute atomic E-state index is 0.0158. The van der Waals surface area contributed by atoms with E-state index in [1.165, 1.54) is 13.0 Å². The molecule has 0 amide bonds. The number of rotatable bonds is 4. The molecule has 0 fully saturated rings. The molecule has 0 saturated heterocycles. The summed E-state index contributed by atoms with van der Waals surface area (Å²) < 4.78 is 42.4. The number of esters is 1. The third-order valence-electron chi connectivity index (χ3n) is 2.15. The second-order valence-corrected chi connectivity index (χ2v) is 4.87. The van der Waals surface area contributed by atoms with E-state index in [0.717, 1.165) is 6.07 Å². The molecule has 0 aliphatic rings. The summed E-state index contributed by atoms with van der Waals surface area (Å²) in [5, 5.41) is 8.84. The van der Waals surface area contributed by atoms with Crippen LogP contribution in [0.1, 0.15) is 28.4 Å². The van der Waals surface area contributed by atoms with Crippen molar-refractivity contribution >= 4 is 29.3 Å². The summed E-state index contributed by atoms with van der Waals surface area (Å²) >= 11 is 5.16. The fourth-order valence-electron chi connectivity index (χ4n) is 1.45. The first kappa shape index (κ1) is 16.7. The first-order valence-electron chi connectivity index (χ1n) is 5.38. The normalized spacial score (nSPS) is 11.0. The average molecular weight is 324 g/mol. The fraction of sp³-hybridized carbons (Fsp3) is 0.333. The van der Waals surface area contributed by atoms with Gasteiger partial charge in [0.1, 0.15) is 0 Å². The largest absolute Gasteiger partial charge is 0.462 e. The van der Waals surface area contributed by atoms with E-state index in [1.54, 1.807) is 6.07 Å². The molecule has 0 aliphatic carbocycles. The predicted octanol–water partition coefficient (Wildman–Crippen LogP) is 4.09. The van der Waals surface area contributed by atoms with Gasteiger partial charge in [0, 0.05) is 10.8 Å². The summed E-state index contributed by atoms with van der Waals surface area (Å²) in [6.45, 7) is 1.55. The molecule has 20 heavy (non-hydrogen) atoms. The topological polar surface area (TPSA) is 50.1 Å². The SMILES string of the molecule is CCOC(=O)c1cc(C#N)cc(CCl)c1SC(F)(F)F. The Bertz CT molecular complexity index is 555. The number of alkyl halides is 4. The van der Waals surface area contributed by atoms with E-state index >= 15 is 0 Å². The predicted molar refractivity (Wildman–Crippen MR) is 68.6 cm³/mol. The molecule has 1 aromatic carbocycles. The van der Waals surface area contributed by atoms with Crippen molar-refractivity contribution in [3.63, 3.8) is 0 Å². The van der Waals surface area contributed by atoms with Gasteiger partial charge in [-0.15, -0.1) is 11.6 Å². The lowest BCUT2D eigenvalue weighted by atomic mass is 10.1. The van der Waals surface area contributed by atoms with Crippen LogP contribution in [0.25, 0.3) is 0 Å². The summed E-state index contributed by atoms with van der Waals surface area (Å²) in [7, 11) is 0. The molecule has 0 atom stereocenters. The van der Waals surface area contributed by atoms with Gasteiger partial charge in [-0.25, -0.2) is 4.79 Å². The van der Waals surface area contributed by atoms with Crippen molar-refractivity contribution < 1.29 is 22.7 Å². The quantitative estimate of drug-likeness (QED) is 0.476. The molecule has 108 valence electrons. The molecule has 8 heteroatoms. The standard InChI is InChI=1S/C12H9ClF3NO2S/c1-2-19-11(18)9-4-7(6-17)3-8(5-13)10(9)20-12(14,15)16/h3-4H,2,5H2,1H3. The zero-order valence-corrected chi connectivity index (χ0v) is 11.8. The second kappa shape index (κ2) is 6.86. The van der Waals surface area contributed by atoms with Gasteiger partial charge in [-0.05, 0) is 36.4 Å². The third-order valence-corrected chi connectivity index (χ3v) is 3.36. The maximum absolute atomic E-state index is 12.6. The monoisotopic (exact) mass is 323 g/mol. The molecule has 0 aromatic heterocycles. The molecule has 0 saturated carbocycles. The van der Waals surface area contributed by atoms with Gasteiger partial charge in [0.25, 0.3) is 0 Å². The Hall–Kier alpha value is -1.39. The van der Waals surface area contributed by atoms with Crippen molar-refractivity contribution in [2.45, 2.75) is 23.2 Å². The van der Waals surface area contributed by atoms with Crippen LogP contribution < -0.4 is 0 Å². The summed E-state index contributed by atoms with van der Waals surface area (Å²) in [6.07, 6.45) is 0. The highest BCUT2D eigenvalue weighted by atomic mass is 35.5. The van der Waals surface area contributed by atoms with Crippen molar-refractivity contribution in [2.24, 2.45) is 0 Å². The molecule has 1 aromatic rings. The Morgan fingerprint density at radius 2 is 2.15 bits per heavy atom. The van der Waals surface area contributed by atoms with Gasteiger partial charge in [0.2, 0.25) is 0 Å². The Labute approximate surface area is 122 Å². The molecular formula is C12H9ClF3NO2S. The number of hydrogen-bond donors (Lipinski definition) is 0. The maximum atomic E-state index is 12.6. The molecular weight excluding hydrogens is 315 g/mol. The molecule has 0 bridgehead atoms. The van der Waals surface area contributed by atoms with E-state index in [4.69, 9.17) is 21.6 Å². The van der Waals surface area contributed by atoms with Gasteiger partial charge in [-0.3, -0.25) is 0 Å². The van der Waals surface area contributed by atoms with Crippen LogP contribution in [0.2, 0.25) is 0 Å². The number of carbonyl (C=O) groups excluding carboxylic acids is 1. The zero-order chi connectivity index (χ0) is 15.3. The van der Waals surface area contributed by atoms with Gasteiger partial charge in [0.15, 0.2) is 0 Å². The number of nitrogens with zero attached hydrogens (tertiary/aromatic N) is 1. The molecule has 3 nitrogen and oxygen atoms in total. The molecule has 0 N–H and O–H groups in total. The van der Waals surface area contributed by atoms with Crippen LogP contribution in [-0.2, 0) is 10.6 Å². The van der Waals surface area contributed by atoms with Gasteiger partial charge in [-0.2, -0.15) is 18.4 Å². The fourth-order valence-corrected chi connectivity index (χ4v) is 2.49. The smallest absolute Gasteiger partial charge is 0.446 e. The van der Waals surface area contributed by atoms with Crippen LogP contribution in [0.3, 0.4) is 0 Å². The number of thioether (sulfide) groups is 1. The molecule has 0 spiro atoms. The summed E-state index contributed by atoms with van der Waals surface area (Å²) in [6, 6.07) is 4.07. The number of carbonyl (C=O) groups is 1. The van der Waals surface area contributed by atoms with Crippen LogP contribution >= 0.6 is 23.4 Å². The van der Waals surface area contributed by atoms with Crippen LogP contribution in [0.15, 0.2) is 17.0 Å². The minimum Gasteiger partial charge on any atom is -0.462 e. The van der Waals surface area contributed by atoms with Crippen LogP contribution in [0, 0.1) is 11.3 Å². The maximum Gasteiger partial charge on any atom is 0.446 e. The van der Waals surface area contributed by atoms with Crippen molar-refractivity contribution in [1.82, 2.24) is 0 Å². The molecule has 0 radical (unpaired) electrons. The number of benzene rings is 1. The van der Waals surface area contributed by atoms with E-state index in [1.807, 2.05) is 0 Å². The lowest BCUT2D eigenvalue weighted by Gasteiger charge is -2.14. The van der Waals surface area contributed by atoms with Crippen LogP contribution in [0.4, 0.5) is 13.2 Å². The zero-order valence-electron chi connectivity index (χ0n) is 10.3. The second-order valence-electron chi connectivity index (χ2n) is 3.53. The Balaban J connectivity index is 3.43. The van der Waals surface area contributed by atoms with Crippen LogP contribution in [0.5, 0.6) is 0 Å². The highest BCUT2D eigenvalue weighted by Gasteiger charge is 2.33. The van der Waals surface area contributed by atoms with Crippen LogP contribution in [-0.4, -0.2) is 18.1 Å². The highest BCUT2D eigenvalue weighted by molar-refractivity contribution is 8.00. The lowest BCUT2D eigenvalue weighted by molar-refractivity contribution is -0.0328. The number of nitriles is 1. The Morgan fingerprint density at radius 3 is 2.60 bits per heavy atom. The van der Waals surface area contributed by atoms with Gasteiger partial charge in [0.05, 0.1) is 23.8 Å². The molecule has 0 unspecified atom stereocenters. The average Bonchev–Trinajstić information content (AvgIpc) is 2.37. The molecule has 0 heterocycles. The van der Waals surface area contributed by atoms with E-state index in [9.17, 15) is 18.0 Å². The summed E-state index contributed by atoms with van der Waals surface area (Å²) in [5.74, 6) is -1.16. The van der Waals surface area contributed by atoms with E-state index in [2.05, 4.69) is 0 Å². The highest BCUT2D eigenvalue weighted by Crippen LogP contribution is 2.41. The number of halogens is 4. The lowest BCUT2D eigenvalue weighted by Crippen LogP contribution is -2.11. The van der Waals surface area contributed by atoms with Crippen molar-refractivity contribution in [2.75, 3.05) is 6.61 Å². The third kappa shape index (κ3) is 4.32. The first-order chi connectivity index (χ1) is 9.32. The number of ether oxygens (including phenoxy) is 1. The van der Waals surface area contributed by atoms with Gasteiger partial charge < -0.3 is 4.74 Å². The first-order valence-corrected chi connectivity index (χ1v) is 6.73. The van der Waals surface area contributed by atoms with E-state index in [0.29, 0.717) is 0 Å². The van der Waals surface area contributed by atoms with Crippen molar-refractivity contribution in [3.05, 3.63) is 28.8 Å². The minimum atomic E-state index is -4.57. The summed E-state index contributed by atoms with van der Waals surface area (Å²) in [4.78, 5) is 11.4. The van der Waals surface area contributed by atoms with Crippen molar-refractivity contribution in [3.8, 4) is 6.07 Å². The summed E-state index contributed by atoms with van der Waals surface area (Å²) in [5.41, 5.74) is -4.76. The van der Waals surface area contributed by atoms with Gasteiger partial charge >= 0.3 is 11.5 Å². The van der Waals surface area contributed by atoms with E-state index < -0.39 is 23.2 Å². The molecule has 1 rings (SSSR count).